The molecule has 0 unspecified atom stereocenters. The molecule has 1 amide bonds. The van der Waals surface area contributed by atoms with Crippen molar-refractivity contribution in [1.82, 2.24) is 15.5 Å². The first-order chi connectivity index (χ1) is 11.0. The van der Waals surface area contributed by atoms with Crippen LogP contribution in [0.15, 0.2) is 4.52 Å². The molecular formula is C16H23N3O4. The molecule has 0 spiro atoms. The minimum atomic E-state index is -0.751. The predicted molar refractivity (Wildman–Crippen MR) is 80.4 cm³/mol. The number of hydrogen-bond donors (Lipinski definition) is 2. The summed E-state index contributed by atoms with van der Waals surface area (Å²) >= 11 is 0. The number of carbonyl (C=O) groups excluding carboxylic acids is 1. The number of carboxylic acids is 1. The van der Waals surface area contributed by atoms with Crippen LogP contribution in [0.2, 0.25) is 0 Å². The van der Waals surface area contributed by atoms with Crippen LogP contribution in [-0.2, 0) is 15.1 Å². The van der Waals surface area contributed by atoms with Gasteiger partial charge in [0.2, 0.25) is 11.8 Å². The van der Waals surface area contributed by atoms with E-state index in [9.17, 15) is 9.59 Å². The van der Waals surface area contributed by atoms with Crippen molar-refractivity contribution in [3.63, 3.8) is 0 Å². The number of aliphatic carboxylic acids is 1. The normalized spacial score (nSPS) is 26.8. The number of nitrogens with one attached hydrogen (secondary N) is 1. The second-order valence-electron chi connectivity index (χ2n) is 6.80. The Bertz CT molecular complexity index is 584. The third-order valence-electron chi connectivity index (χ3n) is 5.22. The molecule has 0 aliphatic heterocycles. The van der Waals surface area contributed by atoms with Gasteiger partial charge in [-0.2, -0.15) is 4.98 Å². The topological polar surface area (TPSA) is 105 Å². The molecule has 3 rings (SSSR count). The molecule has 0 aromatic carbocycles. The number of aromatic nitrogens is 2. The molecule has 0 atom stereocenters. The number of hydrogen-bond acceptors (Lipinski definition) is 5. The van der Waals surface area contributed by atoms with Crippen molar-refractivity contribution in [1.29, 1.82) is 0 Å². The Balaban J connectivity index is 1.67. The van der Waals surface area contributed by atoms with Crippen LogP contribution in [0, 0.1) is 18.8 Å². The van der Waals surface area contributed by atoms with Crippen LogP contribution in [-0.4, -0.2) is 27.1 Å². The smallest absolute Gasteiger partial charge is 0.306 e. The summed E-state index contributed by atoms with van der Waals surface area (Å²) in [5, 5.41) is 16.2. The van der Waals surface area contributed by atoms with E-state index < -0.39 is 11.5 Å². The Hall–Kier alpha value is -1.92. The number of carbonyl (C=O) groups is 2. The molecule has 0 bridgehead atoms. The van der Waals surface area contributed by atoms with Gasteiger partial charge in [-0.25, -0.2) is 0 Å². The fraction of sp³-hybridized carbons (Fsp3) is 0.750. The molecule has 7 nitrogen and oxygen atoms in total. The fourth-order valence-corrected chi connectivity index (χ4v) is 3.82. The second-order valence-corrected chi connectivity index (χ2v) is 6.80. The van der Waals surface area contributed by atoms with Gasteiger partial charge >= 0.3 is 5.97 Å². The highest BCUT2D eigenvalue weighted by atomic mass is 16.5. The summed E-state index contributed by atoms with van der Waals surface area (Å²) in [6.45, 7) is 1.74. The summed E-state index contributed by atoms with van der Waals surface area (Å²) in [6, 6.07) is 0. The molecule has 23 heavy (non-hydrogen) atoms. The van der Waals surface area contributed by atoms with Crippen molar-refractivity contribution in [2.75, 3.05) is 0 Å². The van der Waals surface area contributed by atoms with Crippen molar-refractivity contribution in [3.8, 4) is 0 Å². The fourth-order valence-electron chi connectivity index (χ4n) is 3.82. The van der Waals surface area contributed by atoms with Gasteiger partial charge in [0.05, 0.1) is 5.92 Å². The summed E-state index contributed by atoms with van der Waals surface area (Å²) in [6.07, 6.45) is 6.10. The van der Waals surface area contributed by atoms with E-state index in [2.05, 4.69) is 15.5 Å². The maximum atomic E-state index is 12.7. The van der Waals surface area contributed by atoms with Gasteiger partial charge in [0.25, 0.3) is 0 Å². The first-order valence-electron chi connectivity index (χ1n) is 8.36. The Morgan fingerprint density at radius 3 is 2.30 bits per heavy atom. The molecule has 126 valence electrons. The average molecular weight is 321 g/mol. The highest BCUT2D eigenvalue weighted by Gasteiger charge is 2.42. The van der Waals surface area contributed by atoms with Gasteiger partial charge in [-0.05, 0) is 38.5 Å². The maximum absolute atomic E-state index is 12.7. The van der Waals surface area contributed by atoms with Gasteiger partial charge in [0.1, 0.15) is 5.54 Å². The van der Waals surface area contributed by atoms with E-state index in [1.165, 1.54) is 0 Å². The van der Waals surface area contributed by atoms with Crippen LogP contribution in [0.5, 0.6) is 0 Å². The Kier molecular flexibility index (Phi) is 4.37. The lowest BCUT2D eigenvalue weighted by Crippen LogP contribution is -2.47. The minimum Gasteiger partial charge on any atom is -0.481 e. The zero-order valence-electron chi connectivity index (χ0n) is 13.4. The Morgan fingerprint density at radius 2 is 1.78 bits per heavy atom. The lowest BCUT2D eigenvalue weighted by Gasteiger charge is -2.31. The van der Waals surface area contributed by atoms with Gasteiger partial charge < -0.3 is 14.9 Å². The second kappa shape index (κ2) is 6.29. The highest BCUT2D eigenvalue weighted by Crippen LogP contribution is 2.38. The molecule has 1 heterocycles. The summed E-state index contributed by atoms with van der Waals surface area (Å²) in [4.78, 5) is 28.0. The van der Waals surface area contributed by atoms with Crippen molar-refractivity contribution < 1.29 is 19.2 Å². The zero-order chi connectivity index (χ0) is 16.4. The number of carboxylic acid groups (broad SMARTS) is 1. The summed E-state index contributed by atoms with van der Waals surface area (Å²) in [5.41, 5.74) is -0.515. The van der Waals surface area contributed by atoms with Gasteiger partial charge in [-0.15, -0.1) is 0 Å². The van der Waals surface area contributed by atoms with E-state index in [0.717, 1.165) is 25.7 Å². The summed E-state index contributed by atoms with van der Waals surface area (Å²) in [7, 11) is 0. The quantitative estimate of drug-likeness (QED) is 0.880. The van der Waals surface area contributed by atoms with E-state index in [0.29, 0.717) is 37.4 Å². The lowest BCUT2D eigenvalue weighted by molar-refractivity contribution is -0.144. The third kappa shape index (κ3) is 3.23. The van der Waals surface area contributed by atoms with Crippen LogP contribution in [0.1, 0.15) is 63.1 Å². The van der Waals surface area contributed by atoms with Crippen LogP contribution in [0.4, 0.5) is 0 Å². The Morgan fingerprint density at radius 1 is 1.17 bits per heavy atom. The number of aryl methyl sites for hydroxylation is 1. The SMILES string of the molecule is Cc1nc(C2(NC(=O)C3CCC(C(=O)O)CC3)CCCC2)no1. The van der Waals surface area contributed by atoms with Crippen molar-refractivity contribution >= 4 is 11.9 Å². The molecule has 2 fully saturated rings. The van der Waals surface area contributed by atoms with Crippen LogP contribution < -0.4 is 5.32 Å². The lowest BCUT2D eigenvalue weighted by atomic mass is 9.81. The molecule has 2 N–H and O–H groups in total. The van der Waals surface area contributed by atoms with Crippen molar-refractivity contribution in [2.45, 2.75) is 63.8 Å². The highest BCUT2D eigenvalue weighted by molar-refractivity contribution is 5.80. The molecule has 0 radical (unpaired) electrons. The van der Waals surface area contributed by atoms with E-state index in [1.54, 1.807) is 6.92 Å². The van der Waals surface area contributed by atoms with E-state index in [-0.39, 0.29) is 17.7 Å². The van der Waals surface area contributed by atoms with E-state index in [1.807, 2.05) is 0 Å². The Labute approximate surface area is 134 Å². The average Bonchev–Trinajstić information content (AvgIpc) is 3.17. The molecule has 1 aromatic rings. The molecule has 1 aromatic heterocycles. The van der Waals surface area contributed by atoms with E-state index in [4.69, 9.17) is 9.63 Å². The van der Waals surface area contributed by atoms with Crippen LogP contribution in [0.25, 0.3) is 0 Å². The molecular weight excluding hydrogens is 298 g/mol. The van der Waals surface area contributed by atoms with Crippen molar-refractivity contribution in [2.24, 2.45) is 11.8 Å². The van der Waals surface area contributed by atoms with Gasteiger partial charge in [-0.3, -0.25) is 9.59 Å². The zero-order valence-corrected chi connectivity index (χ0v) is 13.4. The molecule has 2 saturated carbocycles. The molecule has 2 aliphatic rings. The largest absolute Gasteiger partial charge is 0.481 e. The number of amides is 1. The third-order valence-corrected chi connectivity index (χ3v) is 5.22. The summed E-state index contributed by atoms with van der Waals surface area (Å²) < 4.78 is 5.09. The molecule has 2 aliphatic carbocycles. The van der Waals surface area contributed by atoms with Gasteiger partial charge in [-0.1, -0.05) is 18.0 Å². The van der Waals surface area contributed by atoms with E-state index >= 15 is 0 Å². The molecule has 7 heteroatoms. The minimum absolute atomic E-state index is 0.00167. The standard InChI is InChI=1S/C16H23N3O4/c1-10-17-15(19-23-10)16(8-2-3-9-16)18-13(20)11-4-6-12(7-5-11)14(21)22/h11-12H,2-9H2,1H3,(H,18,20)(H,21,22). The number of rotatable bonds is 4. The first kappa shape index (κ1) is 16.0. The first-order valence-corrected chi connectivity index (χ1v) is 8.36. The van der Waals surface area contributed by atoms with Gasteiger partial charge in [0, 0.05) is 12.8 Å². The predicted octanol–water partition coefficient (Wildman–Crippen LogP) is 2.15. The van der Waals surface area contributed by atoms with Gasteiger partial charge in [0.15, 0.2) is 5.82 Å². The number of nitrogens with zero attached hydrogens (tertiary/aromatic N) is 2. The van der Waals surface area contributed by atoms with Crippen molar-refractivity contribution in [3.05, 3.63) is 11.7 Å². The maximum Gasteiger partial charge on any atom is 0.306 e. The van der Waals surface area contributed by atoms with Crippen LogP contribution in [0.3, 0.4) is 0 Å². The molecule has 0 saturated heterocycles. The summed E-state index contributed by atoms with van der Waals surface area (Å²) in [5.74, 6) is -0.102. The van der Waals surface area contributed by atoms with Crippen LogP contribution >= 0.6 is 0 Å². The monoisotopic (exact) mass is 321 g/mol.